The van der Waals surface area contributed by atoms with Gasteiger partial charge >= 0.3 is 5.97 Å². The smallest absolute Gasteiger partial charge is 0.305 e. The van der Waals surface area contributed by atoms with Crippen LogP contribution in [-0.4, -0.2) is 47.4 Å². The van der Waals surface area contributed by atoms with Crippen molar-refractivity contribution in [3.63, 3.8) is 0 Å². The standard InChI is InChI=1S/C51H97NO5/c1-3-5-7-9-11-13-15-17-19-21-22-24-27-31-35-39-43-49(54)48(47-53)52-50(55)44-40-36-32-28-26-30-34-38-42-46-57-51(56)45-41-37-33-29-25-23-20-18-16-14-12-10-8-6-4-2/h18,20,39,43,48-49,53-54H,3-17,19,21-38,40-42,44-47H2,1-2H3,(H,52,55)/b20-18-,43-39+. The first-order valence-corrected chi connectivity index (χ1v) is 25.1. The fraction of sp³-hybridized carbons (Fsp3) is 0.882. The van der Waals surface area contributed by atoms with E-state index < -0.39 is 12.1 Å². The van der Waals surface area contributed by atoms with Crippen LogP contribution >= 0.6 is 0 Å². The maximum absolute atomic E-state index is 12.4. The van der Waals surface area contributed by atoms with Crippen LogP contribution in [0.2, 0.25) is 0 Å². The van der Waals surface area contributed by atoms with E-state index in [0.29, 0.717) is 19.4 Å². The van der Waals surface area contributed by atoms with E-state index in [0.717, 1.165) is 57.8 Å². The molecule has 0 aliphatic carbocycles. The zero-order valence-corrected chi connectivity index (χ0v) is 38.1. The van der Waals surface area contributed by atoms with Gasteiger partial charge in [0.05, 0.1) is 25.4 Å². The number of allylic oxidation sites excluding steroid dienone is 3. The Morgan fingerprint density at radius 2 is 0.825 bits per heavy atom. The first kappa shape index (κ1) is 55.3. The number of nitrogens with one attached hydrogen (secondary N) is 1. The molecule has 0 aromatic carbocycles. The molecule has 0 radical (unpaired) electrons. The van der Waals surface area contributed by atoms with Gasteiger partial charge in [-0.3, -0.25) is 9.59 Å². The number of carbonyl (C=O) groups is 2. The highest BCUT2D eigenvalue weighted by molar-refractivity contribution is 5.76. The molecular formula is C51H97NO5. The van der Waals surface area contributed by atoms with E-state index in [4.69, 9.17) is 4.74 Å². The average Bonchev–Trinajstić information content (AvgIpc) is 3.21. The van der Waals surface area contributed by atoms with E-state index in [1.807, 2.05) is 6.08 Å². The molecule has 0 spiro atoms. The summed E-state index contributed by atoms with van der Waals surface area (Å²) in [6.45, 7) is 4.83. The molecule has 0 aromatic rings. The van der Waals surface area contributed by atoms with Crippen molar-refractivity contribution in [3.05, 3.63) is 24.3 Å². The zero-order chi connectivity index (χ0) is 41.5. The maximum Gasteiger partial charge on any atom is 0.305 e. The molecule has 1 amide bonds. The lowest BCUT2D eigenvalue weighted by Gasteiger charge is -2.20. The number of ether oxygens (including phenoxy) is 1. The van der Waals surface area contributed by atoms with Gasteiger partial charge in [-0.1, -0.05) is 218 Å². The molecule has 336 valence electrons. The molecule has 6 heteroatoms. The van der Waals surface area contributed by atoms with Crippen LogP contribution in [0.5, 0.6) is 0 Å². The summed E-state index contributed by atoms with van der Waals surface area (Å²) in [7, 11) is 0. The zero-order valence-electron chi connectivity index (χ0n) is 38.1. The van der Waals surface area contributed by atoms with Gasteiger partial charge in [0.1, 0.15) is 0 Å². The van der Waals surface area contributed by atoms with Crippen LogP contribution in [0.4, 0.5) is 0 Å². The molecule has 2 atom stereocenters. The highest BCUT2D eigenvalue weighted by Crippen LogP contribution is 2.15. The molecule has 0 aliphatic rings. The third-order valence-corrected chi connectivity index (χ3v) is 11.5. The van der Waals surface area contributed by atoms with Crippen molar-refractivity contribution in [2.24, 2.45) is 0 Å². The Morgan fingerprint density at radius 3 is 1.25 bits per heavy atom. The number of carbonyl (C=O) groups excluding carboxylic acids is 2. The summed E-state index contributed by atoms with van der Waals surface area (Å²) in [5, 5.41) is 23.0. The molecule has 0 aliphatic heterocycles. The molecule has 0 fully saturated rings. The molecular weight excluding hydrogens is 707 g/mol. The largest absolute Gasteiger partial charge is 0.466 e. The second-order valence-electron chi connectivity index (χ2n) is 17.1. The van der Waals surface area contributed by atoms with E-state index in [1.54, 1.807) is 6.08 Å². The maximum atomic E-state index is 12.4. The summed E-state index contributed by atoms with van der Waals surface area (Å²) < 4.78 is 5.44. The fourth-order valence-corrected chi connectivity index (χ4v) is 7.57. The fourth-order valence-electron chi connectivity index (χ4n) is 7.57. The number of aliphatic hydroxyl groups excluding tert-OH is 2. The first-order valence-electron chi connectivity index (χ1n) is 25.1. The van der Waals surface area contributed by atoms with Crippen LogP contribution in [0, 0.1) is 0 Å². The van der Waals surface area contributed by atoms with Crippen LogP contribution in [0.25, 0.3) is 0 Å². The number of aliphatic hydroxyl groups is 2. The van der Waals surface area contributed by atoms with Gasteiger partial charge in [0.15, 0.2) is 0 Å². The summed E-state index contributed by atoms with van der Waals surface area (Å²) in [5.74, 6) is -0.131. The predicted molar refractivity (Wildman–Crippen MR) is 246 cm³/mol. The number of unbranched alkanes of at least 4 members (excludes halogenated alkanes) is 33. The van der Waals surface area contributed by atoms with Crippen molar-refractivity contribution in [3.8, 4) is 0 Å². The van der Waals surface area contributed by atoms with Crippen LogP contribution in [0.15, 0.2) is 24.3 Å². The van der Waals surface area contributed by atoms with Crippen molar-refractivity contribution >= 4 is 11.9 Å². The van der Waals surface area contributed by atoms with E-state index in [1.165, 1.54) is 180 Å². The molecule has 0 aromatic heterocycles. The quantitative estimate of drug-likeness (QED) is 0.0324. The van der Waals surface area contributed by atoms with Crippen molar-refractivity contribution < 1.29 is 24.5 Å². The minimum atomic E-state index is -0.861. The normalized spacial score (nSPS) is 12.8. The summed E-state index contributed by atoms with van der Waals surface area (Å²) >= 11 is 0. The van der Waals surface area contributed by atoms with Crippen molar-refractivity contribution in [2.45, 2.75) is 276 Å². The van der Waals surface area contributed by atoms with Gasteiger partial charge < -0.3 is 20.3 Å². The van der Waals surface area contributed by atoms with E-state index >= 15 is 0 Å². The second kappa shape index (κ2) is 47.0. The summed E-state index contributed by atoms with van der Waals surface area (Å²) in [6.07, 6.45) is 54.5. The molecule has 57 heavy (non-hydrogen) atoms. The Kier molecular flexibility index (Phi) is 45.7. The monoisotopic (exact) mass is 804 g/mol. The third-order valence-electron chi connectivity index (χ3n) is 11.5. The minimum Gasteiger partial charge on any atom is -0.466 e. The Bertz CT molecular complexity index is 889. The Hall–Kier alpha value is -1.66. The number of esters is 1. The molecule has 2 unspecified atom stereocenters. The lowest BCUT2D eigenvalue weighted by Crippen LogP contribution is -2.45. The second-order valence-corrected chi connectivity index (χ2v) is 17.1. The van der Waals surface area contributed by atoms with Crippen LogP contribution < -0.4 is 5.32 Å². The van der Waals surface area contributed by atoms with E-state index in [2.05, 4.69) is 31.3 Å². The molecule has 0 bridgehead atoms. The summed E-state index contributed by atoms with van der Waals surface area (Å²) in [6, 6.07) is -0.648. The summed E-state index contributed by atoms with van der Waals surface area (Å²) in [5.41, 5.74) is 0. The molecule has 0 saturated heterocycles. The highest BCUT2D eigenvalue weighted by atomic mass is 16.5. The van der Waals surface area contributed by atoms with Crippen LogP contribution in [0.1, 0.15) is 264 Å². The van der Waals surface area contributed by atoms with E-state index in [9.17, 15) is 19.8 Å². The molecule has 6 nitrogen and oxygen atoms in total. The number of hydrogen-bond acceptors (Lipinski definition) is 5. The average molecular weight is 804 g/mol. The first-order chi connectivity index (χ1) is 28.0. The number of hydrogen-bond donors (Lipinski definition) is 3. The SMILES string of the molecule is CCCCCCCC/C=C\CCCCCCCC(=O)OCCCCCCCCCCCC(=O)NC(CO)C(O)/C=C/CCCCCCCCCCCCCCCC. The van der Waals surface area contributed by atoms with Gasteiger partial charge in [-0.15, -0.1) is 0 Å². The summed E-state index contributed by atoms with van der Waals surface area (Å²) in [4.78, 5) is 24.4. The molecule has 3 N–H and O–H groups in total. The molecule has 0 saturated carbocycles. The lowest BCUT2D eigenvalue weighted by molar-refractivity contribution is -0.143. The third kappa shape index (κ3) is 43.7. The number of amides is 1. The number of rotatable bonds is 46. The van der Waals surface area contributed by atoms with Gasteiger partial charge in [-0.05, 0) is 57.8 Å². The Morgan fingerprint density at radius 1 is 0.474 bits per heavy atom. The predicted octanol–water partition coefficient (Wildman–Crippen LogP) is 14.7. The molecule has 0 heterocycles. The van der Waals surface area contributed by atoms with Gasteiger partial charge in [0.25, 0.3) is 0 Å². The van der Waals surface area contributed by atoms with Gasteiger partial charge in [-0.25, -0.2) is 0 Å². The molecule has 0 rings (SSSR count). The minimum absolute atomic E-state index is 0.0354. The van der Waals surface area contributed by atoms with Gasteiger partial charge in [0, 0.05) is 12.8 Å². The van der Waals surface area contributed by atoms with Gasteiger partial charge in [-0.2, -0.15) is 0 Å². The Labute approximate surface area is 354 Å². The van der Waals surface area contributed by atoms with E-state index in [-0.39, 0.29) is 18.5 Å². The van der Waals surface area contributed by atoms with Crippen LogP contribution in [-0.2, 0) is 14.3 Å². The van der Waals surface area contributed by atoms with Crippen molar-refractivity contribution in [1.29, 1.82) is 0 Å². The Balaban J connectivity index is 3.54. The lowest BCUT2D eigenvalue weighted by atomic mass is 10.0. The topological polar surface area (TPSA) is 95.9 Å². The van der Waals surface area contributed by atoms with Crippen LogP contribution in [0.3, 0.4) is 0 Å². The van der Waals surface area contributed by atoms with Crippen molar-refractivity contribution in [2.75, 3.05) is 13.2 Å². The highest BCUT2D eigenvalue weighted by Gasteiger charge is 2.18. The van der Waals surface area contributed by atoms with Crippen molar-refractivity contribution in [1.82, 2.24) is 5.32 Å². The van der Waals surface area contributed by atoms with Gasteiger partial charge in [0.2, 0.25) is 5.91 Å².